The van der Waals surface area contributed by atoms with Crippen LogP contribution in [0.4, 0.5) is 5.69 Å². The first-order chi connectivity index (χ1) is 9.29. The van der Waals surface area contributed by atoms with Crippen LogP contribution in [0, 0.1) is 12.8 Å². The molecule has 0 bridgehead atoms. The predicted octanol–water partition coefficient (Wildman–Crippen LogP) is 4.39. The lowest BCUT2D eigenvalue weighted by Gasteiger charge is -2.30. The number of hydrogen-bond donors (Lipinski definition) is 1. The van der Waals surface area contributed by atoms with Gasteiger partial charge in [0, 0.05) is 12.2 Å². The summed E-state index contributed by atoms with van der Waals surface area (Å²) in [5.74, 6) is 0.785. The van der Waals surface area contributed by atoms with Gasteiger partial charge in [-0.1, -0.05) is 43.9 Å². The average Bonchev–Trinajstić information content (AvgIpc) is 2.46. The molecule has 0 aromatic heterocycles. The van der Waals surface area contributed by atoms with E-state index in [-0.39, 0.29) is 0 Å². The van der Waals surface area contributed by atoms with Crippen molar-refractivity contribution in [3.8, 4) is 0 Å². The quantitative estimate of drug-likeness (QED) is 0.767. The molecule has 0 aliphatic heterocycles. The minimum Gasteiger partial charge on any atom is -0.383 e. The molecule has 19 heavy (non-hydrogen) atoms. The standard InChI is InChI=1S/C17H27NO/c1-3-15-6-4-5-7-17(15)19-13-12-18-16-10-8-14(2)9-11-16/h8-11,15,17-18H,3-7,12-13H2,1-2H3. The fourth-order valence-electron chi connectivity index (χ4n) is 2.94. The van der Waals surface area contributed by atoms with Crippen molar-refractivity contribution in [2.75, 3.05) is 18.5 Å². The highest BCUT2D eigenvalue weighted by Gasteiger charge is 2.23. The first-order valence-corrected chi connectivity index (χ1v) is 7.71. The first kappa shape index (κ1) is 14.4. The lowest BCUT2D eigenvalue weighted by Crippen LogP contribution is -2.29. The van der Waals surface area contributed by atoms with Crippen LogP contribution in [0.3, 0.4) is 0 Å². The SMILES string of the molecule is CCC1CCCCC1OCCNc1ccc(C)cc1. The zero-order valence-electron chi connectivity index (χ0n) is 12.3. The van der Waals surface area contributed by atoms with E-state index in [1.807, 2.05) is 0 Å². The predicted molar refractivity (Wildman–Crippen MR) is 81.7 cm³/mol. The molecule has 1 aliphatic rings. The second-order valence-electron chi connectivity index (χ2n) is 5.65. The maximum absolute atomic E-state index is 6.07. The van der Waals surface area contributed by atoms with E-state index in [0.717, 1.165) is 19.1 Å². The molecule has 2 rings (SSSR count). The van der Waals surface area contributed by atoms with E-state index in [2.05, 4.69) is 43.4 Å². The van der Waals surface area contributed by atoms with Crippen molar-refractivity contribution in [1.29, 1.82) is 0 Å². The van der Waals surface area contributed by atoms with Crippen molar-refractivity contribution < 1.29 is 4.74 Å². The van der Waals surface area contributed by atoms with E-state index in [1.165, 1.54) is 43.4 Å². The Morgan fingerprint density at radius 1 is 1.16 bits per heavy atom. The second kappa shape index (κ2) is 7.54. The van der Waals surface area contributed by atoms with Gasteiger partial charge in [0.05, 0.1) is 12.7 Å². The van der Waals surface area contributed by atoms with E-state index in [9.17, 15) is 0 Å². The van der Waals surface area contributed by atoms with Crippen LogP contribution in [0.15, 0.2) is 24.3 Å². The summed E-state index contributed by atoms with van der Waals surface area (Å²) in [7, 11) is 0. The Kier molecular flexibility index (Phi) is 5.71. The van der Waals surface area contributed by atoms with Gasteiger partial charge in [0.2, 0.25) is 0 Å². The molecule has 1 aromatic carbocycles. The highest BCUT2D eigenvalue weighted by molar-refractivity contribution is 5.44. The Bertz CT molecular complexity index is 360. The molecule has 0 amide bonds. The highest BCUT2D eigenvalue weighted by atomic mass is 16.5. The molecule has 1 N–H and O–H groups in total. The fraction of sp³-hybridized carbons (Fsp3) is 0.647. The van der Waals surface area contributed by atoms with Crippen molar-refractivity contribution >= 4 is 5.69 Å². The summed E-state index contributed by atoms with van der Waals surface area (Å²) in [6.45, 7) is 6.11. The van der Waals surface area contributed by atoms with Gasteiger partial charge in [-0.25, -0.2) is 0 Å². The Labute approximate surface area is 117 Å². The summed E-state index contributed by atoms with van der Waals surface area (Å²) in [6.07, 6.45) is 7.09. The minimum absolute atomic E-state index is 0.499. The molecule has 1 aromatic rings. The van der Waals surface area contributed by atoms with Gasteiger partial charge in [-0.15, -0.1) is 0 Å². The van der Waals surface area contributed by atoms with Crippen LogP contribution in [0.5, 0.6) is 0 Å². The molecule has 0 radical (unpaired) electrons. The average molecular weight is 261 g/mol. The van der Waals surface area contributed by atoms with Crippen LogP contribution < -0.4 is 5.32 Å². The van der Waals surface area contributed by atoms with Gasteiger partial charge in [0.15, 0.2) is 0 Å². The van der Waals surface area contributed by atoms with Crippen LogP contribution in [0.2, 0.25) is 0 Å². The summed E-state index contributed by atoms with van der Waals surface area (Å²) in [5.41, 5.74) is 2.49. The van der Waals surface area contributed by atoms with Gasteiger partial charge in [-0.3, -0.25) is 0 Å². The monoisotopic (exact) mass is 261 g/mol. The van der Waals surface area contributed by atoms with Gasteiger partial charge >= 0.3 is 0 Å². The number of nitrogens with one attached hydrogen (secondary N) is 1. The number of ether oxygens (including phenoxy) is 1. The van der Waals surface area contributed by atoms with Gasteiger partial charge in [-0.2, -0.15) is 0 Å². The normalized spacial score (nSPS) is 23.3. The number of aryl methyl sites for hydroxylation is 1. The van der Waals surface area contributed by atoms with Crippen molar-refractivity contribution in [3.63, 3.8) is 0 Å². The zero-order chi connectivity index (χ0) is 13.5. The number of anilines is 1. The molecule has 2 heteroatoms. The maximum atomic E-state index is 6.07. The summed E-state index contributed by atoms with van der Waals surface area (Å²) >= 11 is 0. The second-order valence-corrected chi connectivity index (χ2v) is 5.65. The van der Waals surface area contributed by atoms with Crippen molar-refractivity contribution in [2.24, 2.45) is 5.92 Å². The number of rotatable bonds is 6. The Balaban J connectivity index is 1.67. The smallest absolute Gasteiger partial charge is 0.0642 e. The number of benzene rings is 1. The summed E-state index contributed by atoms with van der Waals surface area (Å²) < 4.78 is 6.07. The van der Waals surface area contributed by atoms with Crippen molar-refractivity contribution in [3.05, 3.63) is 29.8 Å². The number of hydrogen-bond acceptors (Lipinski definition) is 2. The molecule has 0 saturated heterocycles. The van der Waals surface area contributed by atoms with E-state index in [4.69, 9.17) is 4.74 Å². The molecule has 2 atom stereocenters. The third-order valence-corrected chi connectivity index (χ3v) is 4.18. The first-order valence-electron chi connectivity index (χ1n) is 7.71. The summed E-state index contributed by atoms with van der Waals surface area (Å²) in [5, 5.41) is 3.42. The van der Waals surface area contributed by atoms with Crippen LogP contribution in [0.1, 0.15) is 44.6 Å². The molecule has 1 saturated carbocycles. The van der Waals surface area contributed by atoms with E-state index >= 15 is 0 Å². The van der Waals surface area contributed by atoms with Crippen LogP contribution in [0.25, 0.3) is 0 Å². The fourth-order valence-corrected chi connectivity index (χ4v) is 2.94. The largest absolute Gasteiger partial charge is 0.383 e. The third-order valence-electron chi connectivity index (χ3n) is 4.18. The van der Waals surface area contributed by atoms with E-state index in [1.54, 1.807) is 0 Å². The Morgan fingerprint density at radius 3 is 2.63 bits per heavy atom. The summed E-state index contributed by atoms with van der Waals surface area (Å²) in [4.78, 5) is 0. The Morgan fingerprint density at radius 2 is 1.89 bits per heavy atom. The van der Waals surface area contributed by atoms with Crippen LogP contribution in [-0.4, -0.2) is 19.3 Å². The molecule has 106 valence electrons. The lowest BCUT2D eigenvalue weighted by molar-refractivity contribution is -0.00688. The molecular weight excluding hydrogens is 234 g/mol. The van der Waals surface area contributed by atoms with Crippen LogP contribution in [-0.2, 0) is 4.74 Å². The van der Waals surface area contributed by atoms with Gasteiger partial charge in [-0.05, 0) is 37.8 Å². The molecule has 0 heterocycles. The molecule has 1 fully saturated rings. The summed E-state index contributed by atoms with van der Waals surface area (Å²) in [6, 6.07) is 8.53. The van der Waals surface area contributed by atoms with Gasteiger partial charge in [0.1, 0.15) is 0 Å². The lowest BCUT2D eigenvalue weighted by atomic mass is 9.85. The minimum atomic E-state index is 0.499. The zero-order valence-corrected chi connectivity index (χ0v) is 12.3. The molecular formula is C17H27NO. The molecule has 2 nitrogen and oxygen atoms in total. The van der Waals surface area contributed by atoms with Crippen molar-refractivity contribution in [1.82, 2.24) is 0 Å². The highest BCUT2D eigenvalue weighted by Crippen LogP contribution is 2.28. The topological polar surface area (TPSA) is 21.3 Å². The van der Waals surface area contributed by atoms with Crippen molar-refractivity contribution in [2.45, 2.75) is 52.1 Å². The van der Waals surface area contributed by atoms with E-state index < -0.39 is 0 Å². The molecule has 0 spiro atoms. The van der Waals surface area contributed by atoms with Gasteiger partial charge < -0.3 is 10.1 Å². The van der Waals surface area contributed by atoms with Crippen LogP contribution >= 0.6 is 0 Å². The Hall–Kier alpha value is -1.02. The van der Waals surface area contributed by atoms with Gasteiger partial charge in [0.25, 0.3) is 0 Å². The molecule has 2 unspecified atom stereocenters. The maximum Gasteiger partial charge on any atom is 0.0642 e. The third kappa shape index (κ3) is 4.54. The van der Waals surface area contributed by atoms with E-state index in [0.29, 0.717) is 6.10 Å². The molecule has 1 aliphatic carbocycles.